The predicted molar refractivity (Wildman–Crippen MR) is 140 cm³/mol. The molecule has 10 nitrogen and oxygen atoms in total. The third-order valence-corrected chi connectivity index (χ3v) is 6.08. The Kier molecular flexibility index (Phi) is 7.48. The topological polar surface area (TPSA) is 148 Å². The molecule has 1 unspecified atom stereocenters. The van der Waals surface area contributed by atoms with E-state index in [1.165, 1.54) is 18.1 Å². The molecule has 2 aromatic carbocycles. The molecule has 0 spiro atoms. The quantitative estimate of drug-likeness (QED) is 0.453. The first-order chi connectivity index (χ1) is 18.4. The lowest BCUT2D eigenvalue weighted by Gasteiger charge is -2.36. The lowest BCUT2D eigenvalue weighted by atomic mass is 9.79. The highest BCUT2D eigenvalue weighted by Crippen LogP contribution is 2.44. The summed E-state index contributed by atoms with van der Waals surface area (Å²) in [6.07, 6.45) is 0. The lowest BCUT2D eigenvalue weighted by molar-refractivity contribution is -0.142. The van der Waals surface area contributed by atoms with Gasteiger partial charge in [-0.05, 0) is 49.7 Å². The zero-order valence-corrected chi connectivity index (χ0v) is 21.1. The van der Waals surface area contributed by atoms with Crippen LogP contribution in [-0.2, 0) is 19.1 Å². The number of pyridine rings is 1. The molecular formula is C28H26N4O6. The summed E-state index contributed by atoms with van der Waals surface area (Å²) >= 11 is 0. The molecule has 10 heteroatoms. The molecule has 0 fully saturated rings. The van der Waals surface area contributed by atoms with Crippen molar-refractivity contribution in [3.8, 4) is 11.8 Å². The number of aromatic amines is 1. The van der Waals surface area contributed by atoms with Crippen molar-refractivity contribution in [2.45, 2.75) is 19.8 Å². The van der Waals surface area contributed by atoms with Crippen molar-refractivity contribution < 1.29 is 23.8 Å². The van der Waals surface area contributed by atoms with Gasteiger partial charge in [0, 0.05) is 22.7 Å². The minimum absolute atomic E-state index is 0.00486. The van der Waals surface area contributed by atoms with Crippen LogP contribution in [0, 0.1) is 11.3 Å². The van der Waals surface area contributed by atoms with Crippen molar-refractivity contribution in [2.75, 3.05) is 25.2 Å². The molecule has 2 heterocycles. The van der Waals surface area contributed by atoms with E-state index in [0.29, 0.717) is 27.9 Å². The Morgan fingerprint density at radius 2 is 1.71 bits per heavy atom. The second-order valence-electron chi connectivity index (χ2n) is 8.21. The molecule has 0 bridgehead atoms. The summed E-state index contributed by atoms with van der Waals surface area (Å²) in [5, 5.41) is 10.9. The van der Waals surface area contributed by atoms with Gasteiger partial charge in [0.15, 0.2) is 0 Å². The summed E-state index contributed by atoms with van der Waals surface area (Å²) in [5.74, 6) is -2.41. The average Bonchev–Trinajstić information content (AvgIpc) is 2.92. The monoisotopic (exact) mass is 514 g/mol. The van der Waals surface area contributed by atoms with Crippen LogP contribution in [0.4, 0.5) is 5.69 Å². The van der Waals surface area contributed by atoms with Crippen LogP contribution in [0.5, 0.6) is 5.75 Å². The van der Waals surface area contributed by atoms with E-state index in [0.717, 1.165) is 0 Å². The number of ether oxygens (including phenoxy) is 3. The third kappa shape index (κ3) is 4.57. The average molecular weight is 515 g/mol. The first kappa shape index (κ1) is 26.0. The molecule has 0 aliphatic carbocycles. The molecule has 0 radical (unpaired) electrons. The van der Waals surface area contributed by atoms with E-state index in [1.54, 1.807) is 62.4 Å². The minimum Gasteiger partial charge on any atom is -0.497 e. The first-order valence-electron chi connectivity index (χ1n) is 11.9. The molecule has 0 amide bonds. The number of nitriles is 1. The molecule has 3 aromatic rings. The van der Waals surface area contributed by atoms with Crippen molar-refractivity contribution in [1.29, 1.82) is 5.26 Å². The van der Waals surface area contributed by atoms with Gasteiger partial charge < -0.3 is 24.9 Å². The van der Waals surface area contributed by atoms with Crippen LogP contribution in [0.15, 0.2) is 82.1 Å². The highest BCUT2D eigenvalue weighted by molar-refractivity contribution is 6.07. The highest BCUT2D eigenvalue weighted by Gasteiger charge is 2.44. The lowest BCUT2D eigenvalue weighted by Crippen LogP contribution is -2.41. The highest BCUT2D eigenvalue weighted by atomic mass is 16.5. The number of hydrogen-bond acceptors (Lipinski definition) is 9. The van der Waals surface area contributed by atoms with Gasteiger partial charge in [0.2, 0.25) is 5.56 Å². The summed E-state index contributed by atoms with van der Waals surface area (Å²) in [4.78, 5) is 43.8. The van der Waals surface area contributed by atoms with E-state index in [-0.39, 0.29) is 35.9 Å². The second kappa shape index (κ2) is 10.9. The van der Waals surface area contributed by atoms with Gasteiger partial charge in [-0.1, -0.05) is 18.2 Å². The molecule has 1 aromatic heterocycles. The number of carbonyl (C=O) groups excluding carboxylic acids is 2. The number of esters is 2. The van der Waals surface area contributed by atoms with Gasteiger partial charge in [-0.15, -0.1) is 0 Å². The van der Waals surface area contributed by atoms with Gasteiger partial charge in [-0.25, -0.2) is 9.59 Å². The van der Waals surface area contributed by atoms with Crippen LogP contribution in [-0.4, -0.2) is 37.2 Å². The number of carbonyl (C=O) groups is 2. The molecule has 194 valence electrons. The van der Waals surface area contributed by atoms with Crippen LogP contribution >= 0.6 is 0 Å². The second-order valence-corrected chi connectivity index (χ2v) is 8.21. The number of nitrogens with zero attached hydrogens (tertiary/aromatic N) is 2. The number of nitrogens with one attached hydrogen (secondary N) is 1. The third-order valence-electron chi connectivity index (χ3n) is 6.08. The molecule has 38 heavy (non-hydrogen) atoms. The number of methoxy groups -OCH3 is 1. The maximum absolute atomic E-state index is 13.6. The summed E-state index contributed by atoms with van der Waals surface area (Å²) in [6, 6.07) is 16.9. The van der Waals surface area contributed by atoms with Gasteiger partial charge in [-0.2, -0.15) is 5.26 Å². The number of para-hydroxylation sites is 1. The van der Waals surface area contributed by atoms with Crippen molar-refractivity contribution in [1.82, 2.24) is 4.98 Å². The van der Waals surface area contributed by atoms with Crippen LogP contribution in [0.1, 0.15) is 25.3 Å². The maximum atomic E-state index is 13.6. The van der Waals surface area contributed by atoms with E-state index < -0.39 is 23.4 Å². The Morgan fingerprint density at radius 1 is 1.05 bits per heavy atom. The zero-order valence-electron chi connectivity index (χ0n) is 21.1. The van der Waals surface area contributed by atoms with Crippen LogP contribution in [0.3, 0.4) is 0 Å². The van der Waals surface area contributed by atoms with E-state index in [1.807, 2.05) is 0 Å². The van der Waals surface area contributed by atoms with Crippen LogP contribution in [0.2, 0.25) is 0 Å². The van der Waals surface area contributed by atoms with Crippen molar-refractivity contribution in [2.24, 2.45) is 5.73 Å². The number of rotatable bonds is 7. The van der Waals surface area contributed by atoms with Crippen molar-refractivity contribution in [3.63, 3.8) is 0 Å². The molecular weight excluding hydrogens is 488 g/mol. The number of H-pyrrole nitrogens is 1. The largest absolute Gasteiger partial charge is 0.497 e. The van der Waals surface area contributed by atoms with Gasteiger partial charge in [0.05, 0.1) is 43.5 Å². The summed E-state index contributed by atoms with van der Waals surface area (Å²) < 4.78 is 16.0. The van der Waals surface area contributed by atoms with E-state index in [2.05, 4.69) is 11.1 Å². The summed E-state index contributed by atoms with van der Waals surface area (Å²) in [6.45, 7) is 3.28. The SMILES string of the molecule is CCOC(=O)C1=C(C(=O)OCC)N(c2ccc(OC)cc2)C(N)=C(C#N)C1c1cc(=O)[nH]c2ccccc12. The van der Waals surface area contributed by atoms with Crippen molar-refractivity contribution >= 4 is 28.5 Å². The number of benzene rings is 2. The van der Waals surface area contributed by atoms with E-state index in [9.17, 15) is 19.6 Å². The Hall–Kier alpha value is -5.04. The fraction of sp³-hybridized carbons (Fsp3) is 0.214. The summed E-state index contributed by atoms with van der Waals surface area (Å²) in [5.41, 5.74) is 6.92. The Labute approximate surface area is 218 Å². The van der Waals surface area contributed by atoms with Crippen LogP contribution in [0.25, 0.3) is 10.9 Å². The molecule has 3 N–H and O–H groups in total. The normalized spacial score (nSPS) is 15.3. The number of allylic oxidation sites excluding steroid dienone is 1. The van der Waals surface area contributed by atoms with Gasteiger partial charge in [0.25, 0.3) is 0 Å². The molecule has 1 aliphatic heterocycles. The Bertz CT molecular complexity index is 1560. The van der Waals surface area contributed by atoms with Gasteiger partial charge in [-0.3, -0.25) is 9.69 Å². The molecule has 0 saturated heterocycles. The number of hydrogen-bond donors (Lipinski definition) is 2. The summed E-state index contributed by atoms with van der Waals surface area (Å²) in [7, 11) is 1.51. The fourth-order valence-corrected chi connectivity index (χ4v) is 4.52. The molecule has 1 aliphatic rings. The van der Waals surface area contributed by atoms with E-state index in [4.69, 9.17) is 19.9 Å². The first-order valence-corrected chi connectivity index (χ1v) is 11.9. The van der Waals surface area contributed by atoms with Gasteiger partial charge >= 0.3 is 11.9 Å². The van der Waals surface area contributed by atoms with Gasteiger partial charge in [0.1, 0.15) is 17.3 Å². The predicted octanol–water partition coefficient (Wildman–Crippen LogP) is 3.21. The Morgan fingerprint density at radius 3 is 2.34 bits per heavy atom. The molecule has 0 saturated carbocycles. The number of fused-ring (bicyclic) bond motifs is 1. The van der Waals surface area contributed by atoms with Crippen molar-refractivity contribution in [3.05, 3.63) is 93.2 Å². The standard InChI is InChI=1S/C28H26N4O6/c1-4-37-27(34)24-23(19-14-22(33)31-21-9-7-6-8-18(19)21)20(15-29)26(30)32(25(24)28(35)38-5-2)16-10-12-17(36-3)13-11-16/h6-14,23H,4-5,30H2,1-3H3,(H,31,33). The number of anilines is 1. The molecule has 1 atom stereocenters. The number of aromatic nitrogens is 1. The Balaban J connectivity index is 2.12. The minimum atomic E-state index is -1.18. The fourth-order valence-electron chi connectivity index (χ4n) is 4.52. The van der Waals surface area contributed by atoms with Crippen LogP contribution < -0.4 is 20.9 Å². The zero-order chi connectivity index (χ0) is 27.4. The maximum Gasteiger partial charge on any atom is 0.355 e. The van der Waals surface area contributed by atoms with E-state index >= 15 is 0 Å². The molecule has 4 rings (SSSR count). The number of nitrogens with two attached hydrogens (primary N) is 1. The smallest absolute Gasteiger partial charge is 0.355 e.